The zero-order valence-electron chi connectivity index (χ0n) is 14.7. The maximum atomic E-state index is 12.7. The fourth-order valence-corrected chi connectivity index (χ4v) is 5.85. The lowest BCUT2D eigenvalue weighted by Gasteiger charge is -2.42. The standard InChI is InChI=1S/C18H26N2O3S/c1-13-4-5-15(10-14(13)2)6-7-18(21)20-9-8-19(3)16-11-24(22,23)12-17(16)20/h4-5,10,16-17H,6-9,11-12H2,1-3H3/t16-,17+/m1/s1. The number of hydrogen-bond donors (Lipinski definition) is 0. The molecular formula is C18H26N2O3S. The van der Waals surface area contributed by atoms with Crippen molar-refractivity contribution in [3.8, 4) is 0 Å². The number of fused-ring (bicyclic) bond motifs is 1. The van der Waals surface area contributed by atoms with E-state index in [0.29, 0.717) is 19.4 Å². The second kappa shape index (κ2) is 6.48. The molecule has 2 fully saturated rings. The third-order valence-electron chi connectivity index (χ3n) is 5.47. The van der Waals surface area contributed by atoms with Crippen molar-refractivity contribution in [3.63, 3.8) is 0 Å². The molecule has 0 saturated carbocycles. The molecule has 0 bridgehead atoms. The van der Waals surface area contributed by atoms with Gasteiger partial charge in [-0.15, -0.1) is 0 Å². The minimum atomic E-state index is -3.04. The van der Waals surface area contributed by atoms with Gasteiger partial charge in [-0.25, -0.2) is 8.42 Å². The van der Waals surface area contributed by atoms with Crippen molar-refractivity contribution in [1.82, 2.24) is 9.80 Å². The monoisotopic (exact) mass is 350 g/mol. The average molecular weight is 350 g/mol. The van der Waals surface area contributed by atoms with Crippen LogP contribution in [0.4, 0.5) is 0 Å². The molecule has 1 aromatic carbocycles. The smallest absolute Gasteiger partial charge is 0.223 e. The van der Waals surface area contributed by atoms with Gasteiger partial charge in [-0.1, -0.05) is 18.2 Å². The lowest BCUT2D eigenvalue weighted by Crippen LogP contribution is -2.59. The molecule has 132 valence electrons. The molecule has 0 spiro atoms. The Bertz CT molecular complexity index is 745. The first kappa shape index (κ1) is 17.4. The molecule has 24 heavy (non-hydrogen) atoms. The number of carbonyl (C=O) groups excluding carboxylic acids is 1. The van der Waals surface area contributed by atoms with Crippen LogP contribution in [0, 0.1) is 13.8 Å². The Morgan fingerprint density at radius 3 is 2.54 bits per heavy atom. The Morgan fingerprint density at radius 1 is 1.12 bits per heavy atom. The number of aryl methyl sites for hydroxylation is 3. The SMILES string of the molecule is Cc1ccc(CCC(=O)N2CCN(C)[C@@H]3CS(=O)(=O)C[C@@H]32)cc1C. The van der Waals surface area contributed by atoms with Gasteiger partial charge in [-0.05, 0) is 44.0 Å². The summed E-state index contributed by atoms with van der Waals surface area (Å²) in [6.07, 6.45) is 1.14. The summed E-state index contributed by atoms with van der Waals surface area (Å²) >= 11 is 0. The van der Waals surface area contributed by atoms with E-state index in [2.05, 4.69) is 36.9 Å². The fourth-order valence-electron chi connectivity index (χ4n) is 3.79. The average Bonchev–Trinajstić information content (AvgIpc) is 2.84. The van der Waals surface area contributed by atoms with Gasteiger partial charge < -0.3 is 4.90 Å². The van der Waals surface area contributed by atoms with Crippen molar-refractivity contribution in [2.24, 2.45) is 0 Å². The number of piperazine rings is 1. The molecule has 2 aliphatic heterocycles. The Morgan fingerprint density at radius 2 is 1.83 bits per heavy atom. The van der Waals surface area contributed by atoms with E-state index in [1.807, 2.05) is 11.9 Å². The lowest BCUT2D eigenvalue weighted by molar-refractivity contribution is -0.136. The molecule has 1 amide bonds. The van der Waals surface area contributed by atoms with Crippen LogP contribution in [0.2, 0.25) is 0 Å². The van der Waals surface area contributed by atoms with E-state index < -0.39 is 9.84 Å². The minimum Gasteiger partial charge on any atom is -0.336 e. The highest BCUT2D eigenvalue weighted by Crippen LogP contribution is 2.26. The Hall–Kier alpha value is -1.40. The molecule has 0 N–H and O–H groups in total. The highest BCUT2D eigenvalue weighted by Gasteiger charge is 2.46. The van der Waals surface area contributed by atoms with Crippen LogP contribution >= 0.6 is 0 Å². The van der Waals surface area contributed by atoms with Gasteiger partial charge in [0, 0.05) is 25.6 Å². The minimum absolute atomic E-state index is 0.0469. The summed E-state index contributed by atoms with van der Waals surface area (Å²) in [6.45, 7) is 5.52. The van der Waals surface area contributed by atoms with Gasteiger partial charge in [0.2, 0.25) is 5.91 Å². The van der Waals surface area contributed by atoms with Crippen LogP contribution in [0.5, 0.6) is 0 Å². The predicted octanol–water partition coefficient (Wildman–Crippen LogP) is 1.18. The summed E-state index contributed by atoms with van der Waals surface area (Å²) in [6, 6.07) is 6.07. The van der Waals surface area contributed by atoms with Gasteiger partial charge in [-0.3, -0.25) is 9.69 Å². The van der Waals surface area contributed by atoms with Crippen molar-refractivity contribution in [3.05, 3.63) is 34.9 Å². The molecule has 0 aliphatic carbocycles. The Kier molecular flexibility index (Phi) is 4.71. The van der Waals surface area contributed by atoms with Crippen LogP contribution in [0.1, 0.15) is 23.1 Å². The molecule has 2 saturated heterocycles. The third-order valence-corrected chi connectivity index (χ3v) is 7.17. The molecule has 2 heterocycles. The number of sulfone groups is 1. The number of amides is 1. The molecule has 0 aromatic heterocycles. The van der Waals surface area contributed by atoms with Gasteiger partial charge >= 0.3 is 0 Å². The normalized spacial score (nSPS) is 26.4. The molecule has 5 nitrogen and oxygen atoms in total. The summed E-state index contributed by atoms with van der Waals surface area (Å²) < 4.78 is 24.0. The number of hydrogen-bond acceptors (Lipinski definition) is 4. The molecule has 2 atom stereocenters. The number of nitrogens with zero attached hydrogens (tertiary/aromatic N) is 2. The Labute approximate surface area is 144 Å². The van der Waals surface area contributed by atoms with E-state index >= 15 is 0 Å². The van der Waals surface area contributed by atoms with Crippen molar-refractivity contribution >= 4 is 15.7 Å². The van der Waals surface area contributed by atoms with Gasteiger partial charge in [0.25, 0.3) is 0 Å². The molecule has 0 radical (unpaired) electrons. The first-order chi connectivity index (χ1) is 11.3. The van der Waals surface area contributed by atoms with Crippen molar-refractivity contribution in [2.45, 2.75) is 38.8 Å². The van der Waals surface area contributed by atoms with E-state index in [0.717, 1.165) is 12.1 Å². The van der Waals surface area contributed by atoms with Crippen molar-refractivity contribution in [1.29, 1.82) is 0 Å². The maximum absolute atomic E-state index is 12.7. The maximum Gasteiger partial charge on any atom is 0.223 e. The third kappa shape index (κ3) is 3.49. The van der Waals surface area contributed by atoms with Crippen LogP contribution in [-0.2, 0) is 21.1 Å². The zero-order valence-corrected chi connectivity index (χ0v) is 15.5. The highest BCUT2D eigenvalue weighted by atomic mass is 32.2. The van der Waals surface area contributed by atoms with E-state index in [4.69, 9.17) is 0 Å². The largest absolute Gasteiger partial charge is 0.336 e. The van der Waals surface area contributed by atoms with Crippen molar-refractivity contribution in [2.75, 3.05) is 31.6 Å². The molecule has 0 unspecified atom stereocenters. The second-order valence-electron chi connectivity index (χ2n) is 7.20. The van der Waals surface area contributed by atoms with Gasteiger partial charge in [-0.2, -0.15) is 0 Å². The molecule has 3 rings (SSSR count). The van der Waals surface area contributed by atoms with Gasteiger partial charge in [0.1, 0.15) is 0 Å². The fraction of sp³-hybridized carbons (Fsp3) is 0.611. The van der Waals surface area contributed by atoms with E-state index in [1.165, 1.54) is 11.1 Å². The number of carbonyl (C=O) groups is 1. The number of likely N-dealkylation sites (N-methyl/N-ethyl adjacent to an activating group) is 1. The molecule has 1 aromatic rings. The van der Waals surface area contributed by atoms with Crippen LogP contribution in [0.25, 0.3) is 0 Å². The Balaban J connectivity index is 1.67. The summed E-state index contributed by atoms with van der Waals surface area (Å²) in [7, 11) is -1.09. The number of rotatable bonds is 3. The molecular weight excluding hydrogens is 324 g/mol. The van der Waals surface area contributed by atoms with Crippen LogP contribution in [0.15, 0.2) is 18.2 Å². The zero-order chi connectivity index (χ0) is 17.5. The topological polar surface area (TPSA) is 57.7 Å². The number of benzene rings is 1. The van der Waals surface area contributed by atoms with Gasteiger partial charge in [0.05, 0.1) is 17.5 Å². The second-order valence-corrected chi connectivity index (χ2v) is 9.35. The van der Waals surface area contributed by atoms with Crippen LogP contribution in [0.3, 0.4) is 0 Å². The first-order valence-electron chi connectivity index (χ1n) is 8.53. The predicted molar refractivity (Wildman–Crippen MR) is 94.8 cm³/mol. The summed E-state index contributed by atoms with van der Waals surface area (Å²) in [5.74, 6) is 0.361. The highest BCUT2D eigenvalue weighted by molar-refractivity contribution is 7.91. The molecule has 6 heteroatoms. The van der Waals surface area contributed by atoms with Crippen molar-refractivity contribution < 1.29 is 13.2 Å². The first-order valence-corrected chi connectivity index (χ1v) is 10.4. The summed E-state index contributed by atoms with van der Waals surface area (Å²) in [5.41, 5.74) is 3.65. The van der Waals surface area contributed by atoms with E-state index in [1.54, 1.807) is 0 Å². The van der Waals surface area contributed by atoms with Crippen LogP contribution in [-0.4, -0.2) is 67.9 Å². The molecule has 2 aliphatic rings. The van der Waals surface area contributed by atoms with Gasteiger partial charge in [0.15, 0.2) is 9.84 Å². The van der Waals surface area contributed by atoms with E-state index in [9.17, 15) is 13.2 Å². The van der Waals surface area contributed by atoms with Crippen LogP contribution < -0.4 is 0 Å². The van der Waals surface area contributed by atoms with E-state index in [-0.39, 0.29) is 29.5 Å². The summed E-state index contributed by atoms with van der Waals surface area (Å²) in [5, 5.41) is 0. The summed E-state index contributed by atoms with van der Waals surface area (Å²) in [4.78, 5) is 16.6. The lowest BCUT2D eigenvalue weighted by atomic mass is 10.0. The quantitative estimate of drug-likeness (QED) is 0.821.